The van der Waals surface area contributed by atoms with E-state index >= 15 is 0 Å². The zero-order valence-electron chi connectivity index (χ0n) is 20.9. The van der Waals surface area contributed by atoms with Crippen molar-refractivity contribution in [1.29, 1.82) is 0 Å². The van der Waals surface area contributed by atoms with Gasteiger partial charge in [0.15, 0.2) is 0 Å². The molecule has 0 saturated heterocycles. The van der Waals surface area contributed by atoms with Crippen molar-refractivity contribution < 1.29 is 4.39 Å². The highest BCUT2D eigenvalue weighted by molar-refractivity contribution is 5.70. The molecule has 0 radical (unpaired) electrons. The fourth-order valence-corrected chi connectivity index (χ4v) is 4.52. The summed E-state index contributed by atoms with van der Waals surface area (Å²) in [7, 11) is 0. The lowest BCUT2D eigenvalue weighted by atomic mass is 9.93. The van der Waals surface area contributed by atoms with E-state index in [1.54, 1.807) is 6.07 Å². The first-order valence-electron chi connectivity index (χ1n) is 12.8. The van der Waals surface area contributed by atoms with Crippen LogP contribution < -0.4 is 0 Å². The highest BCUT2D eigenvalue weighted by atomic mass is 19.1. The molecule has 0 fully saturated rings. The van der Waals surface area contributed by atoms with Crippen molar-refractivity contribution in [3.63, 3.8) is 0 Å². The highest BCUT2D eigenvalue weighted by Crippen LogP contribution is 2.21. The van der Waals surface area contributed by atoms with Crippen LogP contribution in [0, 0.1) is 5.82 Å². The molecule has 0 aliphatic carbocycles. The van der Waals surface area contributed by atoms with Crippen LogP contribution in [-0.4, -0.2) is 0 Å². The minimum absolute atomic E-state index is 0.149. The van der Waals surface area contributed by atoms with Gasteiger partial charge < -0.3 is 0 Å². The quantitative estimate of drug-likeness (QED) is 0.206. The predicted octanol–water partition coefficient (Wildman–Crippen LogP) is 9.08. The third kappa shape index (κ3) is 7.26. The lowest BCUT2D eigenvalue weighted by Crippen LogP contribution is -1.99. The van der Waals surface area contributed by atoms with Crippen LogP contribution in [0.3, 0.4) is 0 Å². The fraction of sp³-hybridized carbons (Fsp3) is 0.235. The molecule has 0 heterocycles. The van der Waals surface area contributed by atoms with Gasteiger partial charge in [0.05, 0.1) is 0 Å². The molecule has 0 aliphatic rings. The summed E-state index contributed by atoms with van der Waals surface area (Å²) in [4.78, 5) is 0. The first-order chi connectivity index (χ1) is 17.1. The predicted molar refractivity (Wildman–Crippen MR) is 148 cm³/mol. The SMILES string of the molecule is CCCc1ccc(C=Cc2ccc(CCc3ccc(C[C@H](C)c4ccccc4)cc3)cc2)c(F)c1. The second-order valence-corrected chi connectivity index (χ2v) is 9.51. The lowest BCUT2D eigenvalue weighted by Gasteiger charge is -2.12. The minimum Gasteiger partial charge on any atom is -0.206 e. The van der Waals surface area contributed by atoms with E-state index in [1.807, 2.05) is 24.3 Å². The molecule has 0 unspecified atom stereocenters. The Balaban J connectivity index is 1.28. The normalized spacial score (nSPS) is 12.2. The van der Waals surface area contributed by atoms with Gasteiger partial charge in [-0.05, 0) is 71.0 Å². The number of halogens is 1. The Hall–Kier alpha value is -3.45. The van der Waals surface area contributed by atoms with Crippen molar-refractivity contribution in [1.82, 2.24) is 0 Å². The molecule has 0 aromatic heterocycles. The van der Waals surface area contributed by atoms with Gasteiger partial charge >= 0.3 is 0 Å². The van der Waals surface area contributed by atoms with E-state index in [4.69, 9.17) is 0 Å². The molecule has 0 N–H and O–H groups in total. The molecule has 0 aliphatic heterocycles. The zero-order chi connectivity index (χ0) is 24.5. The molecule has 178 valence electrons. The number of hydrogen-bond acceptors (Lipinski definition) is 0. The first kappa shape index (κ1) is 24.7. The van der Waals surface area contributed by atoms with Crippen molar-refractivity contribution in [3.8, 4) is 0 Å². The van der Waals surface area contributed by atoms with Gasteiger partial charge in [0, 0.05) is 5.56 Å². The fourth-order valence-electron chi connectivity index (χ4n) is 4.52. The van der Waals surface area contributed by atoms with Crippen molar-refractivity contribution >= 4 is 12.2 Å². The average molecular weight is 463 g/mol. The van der Waals surface area contributed by atoms with Crippen molar-refractivity contribution in [2.75, 3.05) is 0 Å². The van der Waals surface area contributed by atoms with Crippen LogP contribution in [-0.2, 0) is 25.7 Å². The summed E-state index contributed by atoms with van der Waals surface area (Å²) in [6.07, 6.45) is 8.89. The van der Waals surface area contributed by atoms with E-state index in [2.05, 4.69) is 92.7 Å². The second-order valence-electron chi connectivity index (χ2n) is 9.51. The maximum atomic E-state index is 14.3. The number of rotatable bonds is 10. The van der Waals surface area contributed by atoms with Gasteiger partial charge in [-0.1, -0.05) is 123 Å². The van der Waals surface area contributed by atoms with Gasteiger partial charge in [0.1, 0.15) is 5.82 Å². The topological polar surface area (TPSA) is 0 Å². The molecule has 0 saturated carbocycles. The minimum atomic E-state index is -0.149. The van der Waals surface area contributed by atoms with Crippen LogP contribution in [0.15, 0.2) is 97.1 Å². The number of aryl methyl sites for hydroxylation is 3. The van der Waals surface area contributed by atoms with E-state index < -0.39 is 0 Å². The molecule has 0 amide bonds. The van der Waals surface area contributed by atoms with E-state index in [0.717, 1.165) is 43.2 Å². The molecule has 4 rings (SSSR count). The summed E-state index contributed by atoms with van der Waals surface area (Å²) >= 11 is 0. The third-order valence-electron chi connectivity index (χ3n) is 6.67. The Labute approximate surface area is 210 Å². The van der Waals surface area contributed by atoms with Crippen LogP contribution in [0.4, 0.5) is 4.39 Å². The van der Waals surface area contributed by atoms with E-state index in [9.17, 15) is 4.39 Å². The third-order valence-corrected chi connectivity index (χ3v) is 6.67. The number of benzene rings is 4. The summed E-state index contributed by atoms with van der Waals surface area (Å²) in [6.45, 7) is 4.40. The van der Waals surface area contributed by atoms with Crippen LogP contribution in [0.5, 0.6) is 0 Å². The smallest absolute Gasteiger partial charge is 0.130 e. The van der Waals surface area contributed by atoms with E-state index in [-0.39, 0.29) is 5.82 Å². The zero-order valence-corrected chi connectivity index (χ0v) is 20.9. The molecule has 4 aromatic rings. The van der Waals surface area contributed by atoms with Gasteiger partial charge in [-0.3, -0.25) is 0 Å². The van der Waals surface area contributed by atoms with Crippen LogP contribution in [0.2, 0.25) is 0 Å². The van der Waals surface area contributed by atoms with Crippen LogP contribution in [0.1, 0.15) is 65.1 Å². The van der Waals surface area contributed by atoms with Gasteiger partial charge in [0.25, 0.3) is 0 Å². The van der Waals surface area contributed by atoms with Gasteiger partial charge in [-0.15, -0.1) is 0 Å². The number of hydrogen-bond donors (Lipinski definition) is 0. The Kier molecular flexibility index (Phi) is 8.68. The van der Waals surface area contributed by atoms with Crippen molar-refractivity contribution in [2.45, 2.75) is 51.9 Å². The summed E-state index contributed by atoms with van der Waals surface area (Å²) < 4.78 is 14.3. The molecular formula is C34H35F. The van der Waals surface area contributed by atoms with Gasteiger partial charge in [0.2, 0.25) is 0 Å². The van der Waals surface area contributed by atoms with E-state index in [1.165, 1.54) is 22.3 Å². The molecule has 0 nitrogen and oxygen atoms in total. The second kappa shape index (κ2) is 12.3. The first-order valence-corrected chi connectivity index (χ1v) is 12.8. The van der Waals surface area contributed by atoms with Crippen molar-refractivity contribution in [3.05, 3.63) is 142 Å². The Bertz CT molecular complexity index is 1220. The largest absolute Gasteiger partial charge is 0.206 e. The summed E-state index contributed by atoms with van der Waals surface area (Å²) in [5.74, 6) is 0.371. The molecule has 0 spiro atoms. The van der Waals surface area contributed by atoms with Crippen LogP contribution >= 0.6 is 0 Å². The molecule has 0 bridgehead atoms. The highest BCUT2D eigenvalue weighted by Gasteiger charge is 2.06. The maximum Gasteiger partial charge on any atom is 0.130 e. The maximum absolute atomic E-state index is 14.3. The van der Waals surface area contributed by atoms with Crippen LogP contribution in [0.25, 0.3) is 12.2 Å². The standard InChI is InChI=1S/C34H35F/c1-3-7-30-21-23-33(34(35)25-30)22-20-29-14-12-27(13-15-29)10-11-28-16-18-31(19-17-28)24-26(2)32-8-5-4-6-9-32/h4-6,8-9,12-23,25-26H,3,7,10-11,24H2,1-2H3/t26-/m0/s1. The molecule has 35 heavy (non-hydrogen) atoms. The average Bonchev–Trinajstić information content (AvgIpc) is 2.89. The summed E-state index contributed by atoms with van der Waals surface area (Å²) in [5, 5.41) is 0. The van der Waals surface area contributed by atoms with E-state index in [0.29, 0.717) is 11.5 Å². The summed E-state index contributed by atoms with van der Waals surface area (Å²) in [6, 6.07) is 33.9. The Morgan fingerprint density at radius 1 is 0.657 bits per heavy atom. The molecule has 1 heteroatoms. The van der Waals surface area contributed by atoms with Gasteiger partial charge in [-0.2, -0.15) is 0 Å². The van der Waals surface area contributed by atoms with Crippen molar-refractivity contribution in [2.24, 2.45) is 0 Å². The molecule has 4 aromatic carbocycles. The Morgan fingerprint density at radius 2 is 1.26 bits per heavy atom. The molecule has 1 atom stereocenters. The summed E-state index contributed by atoms with van der Waals surface area (Å²) in [5.41, 5.74) is 8.25. The Morgan fingerprint density at radius 3 is 1.89 bits per heavy atom. The molecular weight excluding hydrogens is 427 g/mol. The monoisotopic (exact) mass is 462 g/mol. The lowest BCUT2D eigenvalue weighted by molar-refractivity contribution is 0.622. The van der Waals surface area contributed by atoms with Gasteiger partial charge in [-0.25, -0.2) is 4.39 Å².